The maximum absolute atomic E-state index is 9.45. The van der Waals surface area contributed by atoms with Crippen molar-refractivity contribution in [2.24, 2.45) is 5.92 Å². The molecule has 2 aromatic heterocycles. The Morgan fingerprint density at radius 2 is 2.33 bits per heavy atom. The first-order valence-corrected chi connectivity index (χ1v) is 8.35. The molecule has 1 aliphatic carbocycles. The summed E-state index contributed by atoms with van der Waals surface area (Å²) < 4.78 is 5.92. The van der Waals surface area contributed by atoms with Crippen molar-refractivity contribution in [1.82, 2.24) is 9.97 Å². The highest BCUT2D eigenvalue weighted by Crippen LogP contribution is 2.38. The van der Waals surface area contributed by atoms with Gasteiger partial charge in [-0.1, -0.05) is 0 Å². The van der Waals surface area contributed by atoms with E-state index in [0.717, 1.165) is 47.9 Å². The van der Waals surface area contributed by atoms with Gasteiger partial charge in [0.15, 0.2) is 0 Å². The number of aliphatic hydroxyl groups is 1. The van der Waals surface area contributed by atoms with Crippen LogP contribution in [-0.4, -0.2) is 47.0 Å². The maximum Gasteiger partial charge on any atom is 0.141 e. The van der Waals surface area contributed by atoms with Crippen molar-refractivity contribution >= 4 is 27.4 Å². The van der Waals surface area contributed by atoms with Crippen LogP contribution in [0.15, 0.2) is 11.4 Å². The molecular formula is C15H19N3O2S. The number of morpholine rings is 1. The summed E-state index contributed by atoms with van der Waals surface area (Å²) in [7, 11) is 0. The molecule has 2 aromatic rings. The third kappa shape index (κ3) is 2.22. The molecule has 1 saturated carbocycles. The normalized spacial score (nSPS) is 29.0. The van der Waals surface area contributed by atoms with Gasteiger partial charge in [-0.2, -0.15) is 0 Å². The predicted molar refractivity (Wildman–Crippen MR) is 82.8 cm³/mol. The zero-order valence-corrected chi connectivity index (χ0v) is 12.8. The molecule has 3 heterocycles. The van der Waals surface area contributed by atoms with Crippen LogP contribution < -0.4 is 4.90 Å². The standard InChI is InChI=1S/C15H19N3O2S/c1-9-16-14(11-2-5-21-15(11)17-9)18-3-4-20-13-7-10(8-19)6-12(13)18/h2,5,10,12-13,19H,3-4,6-8H2,1H3/t10-,12+,13+/m1/s1. The highest BCUT2D eigenvalue weighted by molar-refractivity contribution is 7.16. The summed E-state index contributed by atoms with van der Waals surface area (Å²) in [5.41, 5.74) is 0. The Labute approximate surface area is 127 Å². The quantitative estimate of drug-likeness (QED) is 0.919. The molecule has 4 rings (SSSR count). The van der Waals surface area contributed by atoms with E-state index in [0.29, 0.717) is 12.0 Å². The van der Waals surface area contributed by atoms with E-state index in [2.05, 4.69) is 21.3 Å². The fraction of sp³-hybridized carbons (Fsp3) is 0.600. The minimum atomic E-state index is 0.222. The number of hydrogen-bond donors (Lipinski definition) is 1. The molecule has 112 valence electrons. The summed E-state index contributed by atoms with van der Waals surface area (Å²) in [6.07, 6.45) is 2.16. The maximum atomic E-state index is 9.45. The Kier molecular flexibility index (Phi) is 3.32. The second-order valence-electron chi connectivity index (χ2n) is 5.92. The molecule has 1 aliphatic heterocycles. The number of aryl methyl sites for hydroxylation is 1. The van der Waals surface area contributed by atoms with E-state index in [1.807, 2.05) is 6.92 Å². The molecule has 0 radical (unpaired) electrons. The smallest absolute Gasteiger partial charge is 0.141 e. The van der Waals surface area contributed by atoms with Crippen LogP contribution in [0.3, 0.4) is 0 Å². The molecule has 5 nitrogen and oxygen atoms in total. The topological polar surface area (TPSA) is 58.5 Å². The molecule has 0 bridgehead atoms. The molecule has 1 N–H and O–H groups in total. The van der Waals surface area contributed by atoms with Gasteiger partial charge >= 0.3 is 0 Å². The lowest BCUT2D eigenvalue weighted by molar-refractivity contribution is 0.0229. The summed E-state index contributed by atoms with van der Waals surface area (Å²) in [6.45, 7) is 3.79. The van der Waals surface area contributed by atoms with Gasteiger partial charge in [0.2, 0.25) is 0 Å². The fourth-order valence-corrected chi connectivity index (χ4v) is 4.43. The summed E-state index contributed by atoms with van der Waals surface area (Å²) in [5, 5.41) is 12.7. The summed E-state index contributed by atoms with van der Waals surface area (Å²) in [6, 6.07) is 2.44. The van der Waals surface area contributed by atoms with Gasteiger partial charge in [0.25, 0.3) is 0 Å². The van der Waals surface area contributed by atoms with E-state index in [-0.39, 0.29) is 12.7 Å². The van der Waals surface area contributed by atoms with Crippen molar-refractivity contribution in [2.45, 2.75) is 31.9 Å². The van der Waals surface area contributed by atoms with Gasteiger partial charge in [-0.05, 0) is 37.1 Å². The molecule has 2 fully saturated rings. The van der Waals surface area contributed by atoms with Crippen molar-refractivity contribution < 1.29 is 9.84 Å². The molecule has 0 aromatic carbocycles. The van der Waals surface area contributed by atoms with Gasteiger partial charge in [-0.15, -0.1) is 11.3 Å². The van der Waals surface area contributed by atoms with E-state index < -0.39 is 0 Å². The number of ether oxygens (including phenoxy) is 1. The van der Waals surface area contributed by atoms with E-state index in [9.17, 15) is 5.11 Å². The lowest BCUT2D eigenvalue weighted by atomic mass is 10.1. The van der Waals surface area contributed by atoms with Crippen LogP contribution in [0.4, 0.5) is 5.82 Å². The van der Waals surface area contributed by atoms with E-state index >= 15 is 0 Å². The SMILES string of the molecule is Cc1nc(N2CCO[C@H]3C[C@H](CO)C[C@@H]32)c2ccsc2n1. The minimum absolute atomic E-state index is 0.222. The number of thiophene rings is 1. The van der Waals surface area contributed by atoms with Crippen molar-refractivity contribution in [3.05, 3.63) is 17.3 Å². The number of nitrogens with zero attached hydrogens (tertiary/aromatic N) is 3. The Balaban J connectivity index is 1.75. The largest absolute Gasteiger partial charge is 0.396 e. The van der Waals surface area contributed by atoms with Crippen LogP contribution >= 0.6 is 11.3 Å². The number of anilines is 1. The van der Waals surface area contributed by atoms with Crippen molar-refractivity contribution in [1.29, 1.82) is 0 Å². The number of fused-ring (bicyclic) bond motifs is 2. The molecule has 0 spiro atoms. The molecular weight excluding hydrogens is 286 g/mol. The molecule has 2 aliphatic rings. The van der Waals surface area contributed by atoms with Crippen LogP contribution in [0, 0.1) is 12.8 Å². The summed E-state index contributed by atoms with van der Waals surface area (Å²) >= 11 is 1.66. The van der Waals surface area contributed by atoms with E-state index in [4.69, 9.17) is 9.72 Å². The Morgan fingerprint density at radius 3 is 3.19 bits per heavy atom. The number of hydrogen-bond acceptors (Lipinski definition) is 6. The van der Waals surface area contributed by atoms with E-state index in [1.165, 1.54) is 0 Å². The second-order valence-corrected chi connectivity index (χ2v) is 6.82. The molecule has 3 atom stereocenters. The van der Waals surface area contributed by atoms with E-state index in [1.54, 1.807) is 11.3 Å². The third-order valence-corrected chi connectivity index (χ3v) is 5.39. The minimum Gasteiger partial charge on any atom is -0.396 e. The van der Waals surface area contributed by atoms with Crippen LogP contribution in [0.25, 0.3) is 10.2 Å². The van der Waals surface area contributed by atoms with Gasteiger partial charge in [0.05, 0.1) is 24.1 Å². The Bertz CT molecular complexity index is 659. The van der Waals surface area contributed by atoms with Crippen LogP contribution in [0.2, 0.25) is 0 Å². The fourth-order valence-electron chi connectivity index (χ4n) is 3.62. The van der Waals surface area contributed by atoms with Crippen LogP contribution in [-0.2, 0) is 4.74 Å². The van der Waals surface area contributed by atoms with Crippen LogP contribution in [0.1, 0.15) is 18.7 Å². The number of aromatic nitrogens is 2. The molecule has 0 unspecified atom stereocenters. The zero-order valence-electron chi connectivity index (χ0n) is 12.0. The van der Waals surface area contributed by atoms with Crippen LogP contribution in [0.5, 0.6) is 0 Å². The van der Waals surface area contributed by atoms with Gasteiger partial charge in [0.1, 0.15) is 16.5 Å². The monoisotopic (exact) mass is 305 g/mol. The Morgan fingerprint density at radius 1 is 1.43 bits per heavy atom. The molecule has 1 saturated heterocycles. The zero-order chi connectivity index (χ0) is 14.4. The van der Waals surface area contributed by atoms with Gasteiger partial charge in [0, 0.05) is 13.2 Å². The van der Waals surface area contributed by atoms with Gasteiger partial charge < -0.3 is 14.7 Å². The lowest BCUT2D eigenvalue weighted by Gasteiger charge is -2.38. The molecule has 0 amide bonds. The third-order valence-electron chi connectivity index (χ3n) is 4.58. The average Bonchev–Trinajstić information content (AvgIpc) is 3.11. The predicted octanol–water partition coefficient (Wildman–Crippen LogP) is 1.98. The second kappa shape index (κ2) is 5.19. The number of rotatable bonds is 2. The van der Waals surface area contributed by atoms with Crippen molar-refractivity contribution in [2.75, 3.05) is 24.7 Å². The number of aliphatic hydroxyl groups excluding tert-OH is 1. The van der Waals surface area contributed by atoms with Gasteiger partial charge in [-0.25, -0.2) is 9.97 Å². The van der Waals surface area contributed by atoms with Crippen molar-refractivity contribution in [3.63, 3.8) is 0 Å². The lowest BCUT2D eigenvalue weighted by Crippen LogP contribution is -2.49. The highest BCUT2D eigenvalue weighted by atomic mass is 32.1. The summed E-state index contributed by atoms with van der Waals surface area (Å²) in [5.74, 6) is 2.21. The highest BCUT2D eigenvalue weighted by Gasteiger charge is 2.41. The average molecular weight is 305 g/mol. The molecule has 6 heteroatoms. The first-order chi connectivity index (χ1) is 10.3. The first-order valence-electron chi connectivity index (χ1n) is 7.47. The van der Waals surface area contributed by atoms with Gasteiger partial charge in [-0.3, -0.25) is 0 Å². The first kappa shape index (κ1) is 13.4. The summed E-state index contributed by atoms with van der Waals surface area (Å²) in [4.78, 5) is 12.7. The Hall–Kier alpha value is -1.24. The molecule has 21 heavy (non-hydrogen) atoms. The van der Waals surface area contributed by atoms with Crippen molar-refractivity contribution in [3.8, 4) is 0 Å².